The molecular formula is C28H14Cl2NO6-. The van der Waals surface area contributed by atoms with Gasteiger partial charge in [0.25, 0.3) is 11.8 Å². The van der Waals surface area contributed by atoms with E-state index in [0.29, 0.717) is 22.1 Å². The molecule has 4 aromatic rings. The highest BCUT2D eigenvalue weighted by Gasteiger charge is 2.38. The van der Waals surface area contributed by atoms with Crippen LogP contribution in [-0.4, -0.2) is 23.6 Å². The van der Waals surface area contributed by atoms with Gasteiger partial charge in [-0.15, -0.1) is 0 Å². The Kier molecular flexibility index (Phi) is 6.25. The number of ether oxygens (including phenoxy) is 1. The molecule has 2 amide bonds. The van der Waals surface area contributed by atoms with E-state index < -0.39 is 17.8 Å². The van der Waals surface area contributed by atoms with Crippen LogP contribution in [0.15, 0.2) is 84.9 Å². The van der Waals surface area contributed by atoms with Gasteiger partial charge in [-0.25, -0.2) is 4.90 Å². The summed E-state index contributed by atoms with van der Waals surface area (Å²) in [5.41, 5.74) is 1.07. The second-order valence-electron chi connectivity index (χ2n) is 8.07. The van der Waals surface area contributed by atoms with E-state index in [2.05, 4.69) is 0 Å². The lowest BCUT2D eigenvalue weighted by Gasteiger charge is -2.15. The molecule has 5 rings (SSSR count). The smallest absolute Gasteiger partial charge is 0.266 e. The van der Waals surface area contributed by atoms with Crippen LogP contribution in [0.5, 0.6) is 11.5 Å². The third-order valence-corrected chi connectivity index (χ3v) is 6.28. The number of imide groups is 1. The molecule has 4 aromatic carbocycles. The van der Waals surface area contributed by atoms with Gasteiger partial charge in [-0.05, 0) is 84.4 Å². The predicted molar refractivity (Wildman–Crippen MR) is 135 cm³/mol. The van der Waals surface area contributed by atoms with Crippen LogP contribution in [-0.2, 0) is 0 Å². The lowest BCUT2D eigenvalue weighted by atomic mass is 9.99. The number of carbonyl (C=O) groups excluding carboxylic acids is 4. The van der Waals surface area contributed by atoms with Crippen molar-refractivity contribution >= 4 is 52.5 Å². The van der Waals surface area contributed by atoms with Gasteiger partial charge in [-0.3, -0.25) is 14.4 Å². The number of ketones is 1. The van der Waals surface area contributed by atoms with Gasteiger partial charge in [-0.2, -0.15) is 0 Å². The average molecular weight is 531 g/mol. The van der Waals surface area contributed by atoms with Crippen LogP contribution < -0.4 is 14.7 Å². The Balaban J connectivity index is 1.35. The first kappa shape index (κ1) is 24.2. The number of rotatable bonds is 6. The monoisotopic (exact) mass is 530 g/mol. The molecule has 0 radical (unpaired) electrons. The van der Waals surface area contributed by atoms with E-state index in [-0.39, 0.29) is 38.7 Å². The standard InChI is InChI=1S/C28H15Cl2NO6/c29-18-6-12-24(23(30)14-18)31-26(33)21-11-5-17(13-22(21)27(31)34)25(32)15-1-7-19(8-2-15)37-20-9-3-16(4-10-20)28(35)36/h1-14H,(H,35,36)/p-1. The molecule has 0 fully saturated rings. The fourth-order valence-electron chi connectivity index (χ4n) is 3.90. The van der Waals surface area contributed by atoms with Crippen molar-refractivity contribution in [2.24, 2.45) is 0 Å². The number of carbonyl (C=O) groups is 4. The van der Waals surface area contributed by atoms with E-state index >= 15 is 0 Å². The predicted octanol–water partition coefficient (Wildman–Crippen LogP) is 5.18. The van der Waals surface area contributed by atoms with Crippen molar-refractivity contribution in [3.05, 3.63) is 123 Å². The summed E-state index contributed by atoms with van der Waals surface area (Å²) in [5.74, 6) is -1.92. The normalized spacial score (nSPS) is 12.4. The average Bonchev–Trinajstić information content (AvgIpc) is 3.13. The first-order valence-corrected chi connectivity index (χ1v) is 11.6. The number of aromatic carboxylic acids is 1. The number of hydrogen-bond donors (Lipinski definition) is 0. The van der Waals surface area contributed by atoms with Crippen molar-refractivity contribution in [2.45, 2.75) is 0 Å². The molecule has 0 atom stereocenters. The molecule has 0 spiro atoms. The van der Waals surface area contributed by atoms with Crippen molar-refractivity contribution < 1.29 is 29.0 Å². The summed E-state index contributed by atoms with van der Waals surface area (Å²) in [7, 11) is 0. The van der Waals surface area contributed by atoms with Crippen LogP contribution in [0.4, 0.5) is 5.69 Å². The zero-order valence-electron chi connectivity index (χ0n) is 18.7. The number of benzene rings is 4. The van der Waals surface area contributed by atoms with Gasteiger partial charge in [0.2, 0.25) is 0 Å². The van der Waals surface area contributed by atoms with Gasteiger partial charge < -0.3 is 14.6 Å². The van der Waals surface area contributed by atoms with Crippen molar-refractivity contribution in [3.63, 3.8) is 0 Å². The third-order valence-electron chi connectivity index (χ3n) is 5.74. The van der Waals surface area contributed by atoms with Crippen LogP contribution in [0.25, 0.3) is 0 Å². The van der Waals surface area contributed by atoms with E-state index in [1.165, 1.54) is 60.7 Å². The van der Waals surface area contributed by atoms with Gasteiger partial charge in [0.1, 0.15) is 11.5 Å². The number of nitrogens with zero attached hydrogens (tertiary/aromatic N) is 1. The van der Waals surface area contributed by atoms with Crippen molar-refractivity contribution in [1.82, 2.24) is 0 Å². The number of fused-ring (bicyclic) bond motifs is 1. The molecular weight excluding hydrogens is 517 g/mol. The maximum Gasteiger partial charge on any atom is 0.266 e. The zero-order chi connectivity index (χ0) is 26.3. The first-order valence-electron chi connectivity index (χ1n) is 10.8. The lowest BCUT2D eigenvalue weighted by Crippen LogP contribution is -2.29. The molecule has 0 saturated carbocycles. The van der Waals surface area contributed by atoms with Crippen molar-refractivity contribution in [3.8, 4) is 11.5 Å². The summed E-state index contributed by atoms with van der Waals surface area (Å²) >= 11 is 12.1. The van der Waals surface area contributed by atoms with Crippen LogP contribution >= 0.6 is 23.2 Å². The van der Waals surface area contributed by atoms with E-state index in [9.17, 15) is 24.3 Å². The Morgan fingerprint density at radius 3 is 1.84 bits per heavy atom. The number of halogens is 2. The minimum Gasteiger partial charge on any atom is -0.545 e. The third kappa shape index (κ3) is 4.58. The fraction of sp³-hybridized carbons (Fsp3) is 0. The van der Waals surface area contributed by atoms with E-state index in [1.807, 2.05) is 0 Å². The fourth-order valence-corrected chi connectivity index (χ4v) is 4.39. The second kappa shape index (κ2) is 9.54. The zero-order valence-corrected chi connectivity index (χ0v) is 20.2. The van der Waals surface area contributed by atoms with Gasteiger partial charge in [0.05, 0.1) is 27.8 Å². The Bertz CT molecular complexity index is 1600. The van der Waals surface area contributed by atoms with Crippen molar-refractivity contribution in [2.75, 3.05) is 4.90 Å². The quantitative estimate of drug-likeness (QED) is 0.251. The van der Waals surface area contributed by atoms with Crippen LogP contribution in [0.3, 0.4) is 0 Å². The van der Waals surface area contributed by atoms with Crippen LogP contribution in [0.2, 0.25) is 10.0 Å². The second-order valence-corrected chi connectivity index (χ2v) is 8.91. The molecule has 0 aliphatic carbocycles. The summed E-state index contributed by atoms with van der Waals surface area (Å²) in [5, 5.41) is 11.4. The molecule has 9 heteroatoms. The van der Waals surface area contributed by atoms with Crippen molar-refractivity contribution in [1.29, 1.82) is 0 Å². The van der Waals surface area contributed by atoms with Gasteiger partial charge in [0, 0.05) is 16.1 Å². The molecule has 37 heavy (non-hydrogen) atoms. The van der Waals surface area contributed by atoms with Gasteiger partial charge in [0.15, 0.2) is 5.78 Å². The topological polar surface area (TPSA) is 104 Å². The number of anilines is 1. The summed E-state index contributed by atoms with van der Waals surface area (Å²) < 4.78 is 5.68. The minimum atomic E-state index is -1.28. The molecule has 0 N–H and O–H groups in total. The van der Waals surface area contributed by atoms with E-state index in [4.69, 9.17) is 27.9 Å². The van der Waals surface area contributed by atoms with Crippen LogP contribution in [0, 0.1) is 0 Å². The summed E-state index contributed by atoms with van der Waals surface area (Å²) in [4.78, 5) is 50.9. The Morgan fingerprint density at radius 2 is 1.24 bits per heavy atom. The molecule has 7 nitrogen and oxygen atoms in total. The first-order chi connectivity index (χ1) is 17.7. The highest BCUT2D eigenvalue weighted by Crippen LogP contribution is 2.35. The number of carboxylic acid groups (broad SMARTS) is 1. The number of amides is 2. The Labute approximate surface area is 220 Å². The van der Waals surface area contributed by atoms with Crippen LogP contribution in [0.1, 0.15) is 47.0 Å². The Hall–Kier alpha value is -4.46. The minimum absolute atomic E-state index is 0.0298. The highest BCUT2D eigenvalue weighted by molar-refractivity contribution is 6.41. The van der Waals surface area contributed by atoms with E-state index in [0.717, 1.165) is 4.90 Å². The highest BCUT2D eigenvalue weighted by atomic mass is 35.5. The molecule has 0 saturated heterocycles. The number of hydrogen-bond acceptors (Lipinski definition) is 6. The van der Waals surface area contributed by atoms with E-state index in [1.54, 1.807) is 24.3 Å². The maximum atomic E-state index is 13.1. The molecule has 0 bridgehead atoms. The Morgan fingerprint density at radius 1 is 0.676 bits per heavy atom. The van der Waals surface area contributed by atoms with Gasteiger partial charge >= 0.3 is 0 Å². The summed E-state index contributed by atoms with van der Waals surface area (Å²) in [6.07, 6.45) is 0. The molecule has 0 unspecified atom stereocenters. The molecule has 1 aliphatic rings. The maximum absolute atomic E-state index is 13.1. The molecule has 1 aliphatic heterocycles. The summed E-state index contributed by atoms with van der Waals surface area (Å²) in [6, 6.07) is 20.8. The number of carboxylic acids is 1. The lowest BCUT2D eigenvalue weighted by molar-refractivity contribution is -0.255. The molecule has 1 heterocycles. The molecule has 182 valence electrons. The van der Waals surface area contributed by atoms with Gasteiger partial charge in [-0.1, -0.05) is 29.3 Å². The molecule has 0 aromatic heterocycles. The largest absolute Gasteiger partial charge is 0.545 e. The summed E-state index contributed by atoms with van der Waals surface area (Å²) in [6.45, 7) is 0. The SMILES string of the molecule is O=C([O-])c1ccc(Oc2ccc(C(=O)c3ccc4c(c3)C(=O)N(c3ccc(Cl)cc3Cl)C4=O)cc2)cc1.